The third kappa shape index (κ3) is 4.06. The average Bonchev–Trinajstić information content (AvgIpc) is 3.86. The molecule has 0 aliphatic heterocycles. The summed E-state index contributed by atoms with van der Waals surface area (Å²) in [5, 5.41) is 7.25. The summed E-state index contributed by atoms with van der Waals surface area (Å²) in [6.45, 7) is 0. The highest BCUT2D eigenvalue weighted by Crippen LogP contribution is 2.43. The fourth-order valence-electron chi connectivity index (χ4n) is 8.33. The van der Waals surface area contributed by atoms with Crippen LogP contribution in [0, 0.1) is 0 Å². The van der Waals surface area contributed by atoms with E-state index in [0.29, 0.717) is 0 Å². The molecular formula is C48H30N2O. The molecule has 238 valence electrons. The highest BCUT2D eigenvalue weighted by atomic mass is 16.3. The normalized spacial score (nSPS) is 11.9. The van der Waals surface area contributed by atoms with Crippen LogP contribution in [0.2, 0.25) is 0 Å². The van der Waals surface area contributed by atoms with Crippen LogP contribution in [0.3, 0.4) is 0 Å². The van der Waals surface area contributed by atoms with E-state index in [1.54, 1.807) is 0 Å². The lowest BCUT2D eigenvalue weighted by molar-refractivity contribution is 0.670. The van der Waals surface area contributed by atoms with Crippen molar-refractivity contribution >= 4 is 65.6 Å². The Balaban J connectivity index is 1.18. The van der Waals surface area contributed by atoms with Crippen LogP contribution in [-0.2, 0) is 0 Å². The summed E-state index contributed by atoms with van der Waals surface area (Å²) >= 11 is 0. The predicted molar refractivity (Wildman–Crippen MR) is 213 cm³/mol. The number of furan rings is 1. The number of para-hydroxylation sites is 5. The van der Waals surface area contributed by atoms with E-state index in [2.05, 4.69) is 179 Å². The lowest BCUT2D eigenvalue weighted by atomic mass is 10.0. The first-order chi connectivity index (χ1) is 25.3. The van der Waals surface area contributed by atoms with Gasteiger partial charge in [0.1, 0.15) is 11.2 Å². The van der Waals surface area contributed by atoms with Crippen molar-refractivity contribution in [1.82, 2.24) is 9.13 Å². The van der Waals surface area contributed by atoms with Crippen molar-refractivity contribution in [2.24, 2.45) is 0 Å². The van der Waals surface area contributed by atoms with Crippen molar-refractivity contribution in [2.75, 3.05) is 0 Å². The van der Waals surface area contributed by atoms with Crippen molar-refractivity contribution in [1.29, 1.82) is 0 Å². The van der Waals surface area contributed by atoms with Crippen molar-refractivity contribution in [2.45, 2.75) is 0 Å². The number of rotatable bonds is 4. The smallest absolute Gasteiger partial charge is 0.143 e. The van der Waals surface area contributed by atoms with Gasteiger partial charge in [-0.3, -0.25) is 0 Å². The lowest BCUT2D eigenvalue weighted by Gasteiger charge is -2.14. The number of benzene rings is 8. The summed E-state index contributed by atoms with van der Waals surface area (Å²) in [4.78, 5) is 0. The van der Waals surface area contributed by atoms with Gasteiger partial charge in [0.25, 0.3) is 0 Å². The molecule has 3 heteroatoms. The molecule has 0 saturated carbocycles. The molecule has 0 atom stereocenters. The summed E-state index contributed by atoms with van der Waals surface area (Å²) in [6, 6.07) is 65.4. The van der Waals surface area contributed by atoms with Crippen LogP contribution in [0.1, 0.15) is 0 Å². The molecule has 0 radical (unpaired) electrons. The zero-order valence-corrected chi connectivity index (χ0v) is 27.6. The molecule has 0 fully saturated rings. The predicted octanol–water partition coefficient (Wildman–Crippen LogP) is 13.1. The Morgan fingerprint density at radius 2 is 0.980 bits per heavy atom. The van der Waals surface area contributed by atoms with E-state index in [-0.39, 0.29) is 0 Å². The molecule has 0 bridgehead atoms. The van der Waals surface area contributed by atoms with Gasteiger partial charge in [-0.05, 0) is 53.6 Å². The van der Waals surface area contributed by atoms with Crippen LogP contribution in [0.25, 0.3) is 99.2 Å². The zero-order chi connectivity index (χ0) is 33.5. The minimum Gasteiger partial charge on any atom is -0.455 e. The first kappa shape index (κ1) is 28.0. The zero-order valence-electron chi connectivity index (χ0n) is 27.6. The van der Waals surface area contributed by atoms with Gasteiger partial charge in [0.15, 0.2) is 0 Å². The quantitative estimate of drug-likeness (QED) is 0.186. The van der Waals surface area contributed by atoms with Gasteiger partial charge in [0, 0.05) is 49.1 Å². The molecule has 11 rings (SSSR count). The second-order valence-electron chi connectivity index (χ2n) is 13.3. The van der Waals surface area contributed by atoms with Crippen LogP contribution in [0.15, 0.2) is 186 Å². The Kier molecular flexibility index (Phi) is 5.96. The Bertz CT molecular complexity index is 3120. The molecule has 0 spiro atoms. The van der Waals surface area contributed by atoms with Crippen LogP contribution in [-0.4, -0.2) is 9.13 Å². The Morgan fingerprint density at radius 1 is 0.353 bits per heavy atom. The summed E-state index contributed by atoms with van der Waals surface area (Å²) in [5.74, 6) is 0. The van der Waals surface area contributed by atoms with Crippen LogP contribution in [0.4, 0.5) is 0 Å². The van der Waals surface area contributed by atoms with Crippen molar-refractivity contribution in [3.8, 4) is 33.6 Å². The molecule has 0 aliphatic rings. The van der Waals surface area contributed by atoms with Crippen LogP contribution in [0.5, 0.6) is 0 Å². The highest BCUT2D eigenvalue weighted by molar-refractivity contribution is 6.26. The van der Waals surface area contributed by atoms with E-state index >= 15 is 0 Å². The maximum absolute atomic E-state index is 6.41. The minimum absolute atomic E-state index is 0.913. The summed E-state index contributed by atoms with van der Waals surface area (Å²) in [6.07, 6.45) is 0. The molecule has 0 N–H and O–H groups in total. The standard InChI is InChI=1S/C48H30N2O/c1-2-13-31(14-3-1)34-15-4-8-21-41(34)50-43-23-10-6-18-40(43)46-44(50)30-29-38-36-16-5-9-22-42(36)49(47(38)46)33-27-25-32(26-28-33)35-19-12-20-39-37-17-7-11-24-45(37)51-48(35)39/h1-30H. The van der Waals surface area contributed by atoms with Crippen LogP contribution < -0.4 is 0 Å². The lowest BCUT2D eigenvalue weighted by Crippen LogP contribution is -1.97. The first-order valence-corrected chi connectivity index (χ1v) is 17.4. The largest absolute Gasteiger partial charge is 0.455 e. The molecular weight excluding hydrogens is 621 g/mol. The van der Waals surface area contributed by atoms with Gasteiger partial charge in [0.2, 0.25) is 0 Å². The van der Waals surface area contributed by atoms with E-state index in [9.17, 15) is 0 Å². The molecule has 0 aliphatic carbocycles. The summed E-state index contributed by atoms with van der Waals surface area (Å²) in [5.41, 5.74) is 13.5. The maximum Gasteiger partial charge on any atom is 0.143 e. The Labute approximate surface area is 293 Å². The molecule has 8 aromatic carbocycles. The van der Waals surface area contributed by atoms with E-state index in [1.165, 1.54) is 60.4 Å². The molecule has 3 heterocycles. The number of nitrogens with zero attached hydrogens (tertiary/aromatic N) is 2. The maximum atomic E-state index is 6.41. The fraction of sp³-hybridized carbons (Fsp3) is 0. The number of aromatic nitrogens is 2. The van der Waals surface area contributed by atoms with Gasteiger partial charge >= 0.3 is 0 Å². The molecule has 3 nitrogen and oxygen atoms in total. The van der Waals surface area contributed by atoms with E-state index < -0.39 is 0 Å². The second kappa shape index (κ2) is 10.8. The van der Waals surface area contributed by atoms with E-state index in [0.717, 1.165) is 38.8 Å². The minimum atomic E-state index is 0.913. The van der Waals surface area contributed by atoms with Gasteiger partial charge in [-0.25, -0.2) is 0 Å². The summed E-state index contributed by atoms with van der Waals surface area (Å²) in [7, 11) is 0. The van der Waals surface area contributed by atoms with E-state index in [4.69, 9.17) is 4.42 Å². The van der Waals surface area contributed by atoms with Crippen LogP contribution >= 0.6 is 0 Å². The second-order valence-corrected chi connectivity index (χ2v) is 13.3. The van der Waals surface area contributed by atoms with Gasteiger partial charge < -0.3 is 13.6 Å². The van der Waals surface area contributed by atoms with Gasteiger partial charge in [-0.2, -0.15) is 0 Å². The summed E-state index contributed by atoms with van der Waals surface area (Å²) < 4.78 is 11.3. The third-order valence-electron chi connectivity index (χ3n) is 10.5. The third-order valence-corrected chi connectivity index (χ3v) is 10.5. The van der Waals surface area contributed by atoms with Crippen molar-refractivity contribution < 1.29 is 4.42 Å². The van der Waals surface area contributed by atoms with Crippen molar-refractivity contribution in [3.05, 3.63) is 182 Å². The molecule has 3 aromatic heterocycles. The topological polar surface area (TPSA) is 23.0 Å². The molecule has 51 heavy (non-hydrogen) atoms. The number of hydrogen-bond acceptors (Lipinski definition) is 1. The molecule has 0 unspecified atom stereocenters. The Morgan fingerprint density at radius 3 is 1.82 bits per heavy atom. The van der Waals surface area contributed by atoms with Gasteiger partial charge in [0.05, 0.1) is 27.8 Å². The number of hydrogen-bond donors (Lipinski definition) is 0. The molecule has 0 saturated heterocycles. The SMILES string of the molecule is c1ccc(-c2ccccc2-n2c3ccccc3c3c2ccc2c4ccccc4n(-c4ccc(-c5cccc6c5oc5ccccc56)cc4)c23)cc1. The van der Waals surface area contributed by atoms with Gasteiger partial charge in [-0.15, -0.1) is 0 Å². The highest BCUT2D eigenvalue weighted by Gasteiger charge is 2.22. The number of fused-ring (bicyclic) bond motifs is 10. The van der Waals surface area contributed by atoms with Crippen molar-refractivity contribution in [3.63, 3.8) is 0 Å². The molecule has 11 aromatic rings. The first-order valence-electron chi connectivity index (χ1n) is 17.4. The van der Waals surface area contributed by atoms with E-state index in [1.807, 2.05) is 12.1 Å². The fourth-order valence-corrected chi connectivity index (χ4v) is 8.33. The van der Waals surface area contributed by atoms with Gasteiger partial charge in [-0.1, -0.05) is 140 Å². The molecule has 0 amide bonds. The Hall–Kier alpha value is -6.84. The average molecular weight is 651 g/mol. The monoisotopic (exact) mass is 650 g/mol.